The molecule has 0 aliphatic carbocycles. The van der Waals surface area contributed by atoms with E-state index in [4.69, 9.17) is 0 Å². The highest BCUT2D eigenvalue weighted by Crippen LogP contribution is 2.32. The van der Waals surface area contributed by atoms with E-state index in [-0.39, 0.29) is 24.4 Å². The topological polar surface area (TPSA) is 23.6 Å². The predicted octanol–water partition coefficient (Wildman–Crippen LogP) is 7.85. The lowest BCUT2D eigenvalue weighted by Gasteiger charge is -2.27. The van der Waals surface area contributed by atoms with E-state index in [1.165, 1.54) is 12.1 Å². The Bertz CT molecular complexity index is 1350. The van der Waals surface area contributed by atoms with Crippen LogP contribution in [0.5, 0.6) is 0 Å². The second-order valence-corrected chi connectivity index (χ2v) is 8.89. The van der Waals surface area contributed by atoms with Gasteiger partial charge in [-0.15, -0.1) is 12.4 Å². The van der Waals surface area contributed by atoms with Gasteiger partial charge in [-0.25, -0.2) is 0 Å². The largest absolute Gasteiger partial charge is 0.416 e. The third-order valence-electron chi connectivity index (χ3n) is 6.44. The van der Waals surface area contributed by atoms with Gasteiger partial charge < -0.3 is 9.80 Å². The van der Waals surface area contributed by atoms with E-state index in [1.54, 1.807) is 36.2 Å². The Labute approximate surface area is 215 Å². The van der Waals surface area contributed by atoms with Crippen molar-refractivity contribution in [3.63, 3.8) is 0 Å². The molecule has 0 aliphatic heterocycles. The Morgan fingerprint density at radius 1 is 0.806 bits per heavy atom. The van der Waals surface area contributed by atoms with Crippen LogP contribution in [-0.2, 0) is 6.18 Å². The Balaban J connectivity index is 0.00000361. The molecule has 1 unspecified atom stereocenters. The van der Waals surface area contributed by atoms with Crippen molar-refractivity contribution >= 4 is 34.8 Å². The monoisotopic (exact) mass is 512 g/mol. The zero-order valence-corrected chi connectivity index (χ0v) is 21.3. The molecule has 1 amide bonds. The summed E-state index contributed by atoms with van der Waals surface area (Å²) in [5.41, 5.74) is 3.41. The van der Waals surface area contributed by atoms with Crippen molar-refractivity contribution in [3.8, 4) is 11.1 Å². The van der Waals surface area contributed by atoms with Crippen LogP contribution in [0, 0.1) is 0 Å². The zero-order valence-electron chi connectivity index (χ0n) is 20.5. The Morgan fingerprint density at radius 2 is 1.39 bits per heavy atom. The minimum atomic E-state index is -4.37. The molecule has 0 N–H and O–H groups in total. The summed E-state index contributed by atoms with van der Waals surface area (Å²) in [6, 6.07) is 24.2. The normalized spacial score (nSPS) is 12.1. The maximum absolute atomic E-state index is 13.2. The second-order valence-electron chi connectivity index (χ2n) is 8.89. The molecule has 0 spiro atoms. The number of carbonyl (C=O) groups is 1. The summed E-state index contributed by atoms with van der Waals surface area (Å²) in [5, 5.41) is 2.21. The van der Waals surface area contributed by atoms with Crippen molar-refractivity contribution in [2.75, 3.05) is 26.0 Å². The number of halogens is 4. The minimum Gasteiger partial charge on any atom is -0.378 e. The van der Waals surface area contributed by atoms with Gasteiger partial charge in [0.2, 0.25) is 0 Å². The summed E-state index contributed by atoms with van der Waals surface area (Å²) in [4.78, 5) is 17.0. The van der Waals surface area contributed by atoms with Gasteiger partial charge in [-0.2, -0.15) is 13.2 Å². The van der Waals surface area contributed by atoms with Gasteiger partial charge in [-0.3, -0.25) is 4.79 Å². The number of hydrogen-bond donors (Lipinski definition) is 0. The third-order valence-corrected chi connectivity index (χ3v) is 6.44. The number of rotatable bonds is 5. The molecule has 0 bridgehead atoms. The molecule has 0 aliphatic rings. The molecule has 4 aromatic carbocycles. The van der Waals surface area contributed by atoms with Gasteiger partial charge in [-0.1, -0.05) is 48.5 Å². The van der Waals surface area contributed by atoms with Gasteiger partial charge in [0.05, 0.1) is 11.6 Å². The molecule has 7 heteroatoms. The van der Waals surface area contributed by atoms with Crippen LogP contribution in [0.15, 0.2) is 84.9 Å². The summed E-state index contributed by atoms with van der Waals surface area (Å²) in [5.74, 6) is -0.126. The second kappa shape index (κ2) is 10.6. The molecule has 4 rings (SSSR count). The molecular formula is C29H28ClF3N2O. The maximum atomic E-state index is 13.2. The van der Waals surface area contributed by atoms with Crippen LogP contribution in [0.4, 0.5) is 18.9 Å². The first kappa shape index (κ1) is 27.1. The molecule has 0 saturated carbocycles. The van der Waals surface area contributed by atoms with Gasteiger partial charge >= 0.3 is 6.18 Å². The third kappa shape index (κ3) is 5.49. The standard InChI is InChI=1S/C29H27F3N2O.ClH/c1-19(26-7-5-6-23-18-25(33(2)3)16-17-27(23)26)34(4)28(35)22-10-8-20(9-11-22)21-12-14-24(15-13-21)29(30,31)32;/h5-19H,1-4H3;1H. The SMILES string of the molecule is CC(c1cccc2cc(N(C)C)ccc12)N(C)C(=O)c1ccc(-c2ccc(C(F)(F)F)cc2)cc1.Cl. The van der Waals surface area contributed by atoms with Crippen LogP contribution >= 0.6 is 12.4 Å². The van der Waals surface area contributed by atoms with Crippen LogP contribution in [0.2, 0.25) is 0 Å². The number of carbonyl (C=O) groups excluding carboxylic acids is 1. The first-order valence-corrected chi connectivity index (χ1v) is 11.3. The lowest BCUT2D eigenvalue weighted by Crippen LogP contribution is -2.29. The predicted molar refractivity (Wildman–Crippen MR) is 143 cm³/mol. The lowest BCUT2D eigenvalue weighted by atomic mass is 9.97. The van der Waals surface area contributed by atoms with Gasteiger partial charge in [0.25, 0.3) is 5.91 Å². The minimum absolute atomic E-state index is 0. The number of anilines is 1. The van der Waals surface area contributed by atoms with E-state index in [0.717, 1.165) is 39.7 Å². The molecule has 36 heavy (non-hydrogen) atoms. The van der Waals surface area contributed by atoms with E-state index in [1.807, 2.05) is 33.2 Å². The quantitative estimate of drug-likeness (QED) is 0.272. The van der Waals surface area contributed by atoms with E-state index < -0.39 is 11.7 Å². The molecule has 188 valence electrons. The summed E-state index contributed by atoms with van der Waals surface area (Å²) < 4.78 is 38.5. The van der Waals surface area contributed by atoms with Gasteiger partial charge in [-0.05, 0) is 70.8 Å². The van der Waals surface area contributed by atoms with E-state index in [9.17, 15) is 18.0 Å². The number of amides is 1. The highest BCUT2D eigenvalue weighted by Gasteiger charge is 2.30. The van der Waals surface area contributed by atoms with Crippen molar-refractivity contribution in [3.05, 3.63) is 102 Å². The van der Waals surface area contributed by atoms with Crippen LogP contribution in [-0.4, -0.2) is 32.0 Å². The average Bonchev–Trinajstić information content (AvgIpc) is 2.86. The first-order chi connectivity index (χ1) is 16.6. The van der Waals surface area contributed by atoms with Crippen molar-refractivity contribution in [2.24, 2.45) is 0 Å². The highest BCUT2D eigenvalue weighted by atomic mass is 35.5. The van der Waals surface area contributed by atoms with Crippen molar-refractivity contribution in [1.29, 1.82) is 0 Å². The average molecular weight is 513 g/mol. The fraction of sp³-hybridized carbons (Fsp3) is 0.207. The molecule has 0 fully saturated rings. The highest BCUT2D eigenvalue weighted by molar-refractivity contribution is 5.95. The van der Waals surface area contributed by atoms with Crippen LogP contribution in [0.3, 0.4) is 0 Å². The lowest BCUT2D eigenvalue weighted by molar-refractivity contribution is -0.137. The fourth-order valence-electron chi connectivity index (χ4n) is 4.18. The van der Waals surface area contributed by atoms with Crippen molar-refractivity contribution < 1.29 is 18.0 Å². The van der Waals surface area contributed by atoms with Gasteiger partial charge in [0.1, 0.15) is 0 Å². The number of nitrogens with zero attached hydrogens (tertiary/aromatic N) is 2. The number of benzene rings is 4. The van der Waals surface area contributed by atoms with E-state index >= 15 is 0 Å². The molecule has 1 atom stereocenters. The van der Waals surface area contributed by atoms with Gasteiger partial charge in [0, 0.05) is 32.4 Å². The fourth-order valence-corrected chi connectivity index (χ4v) is 4.18. The molecule has 0 saturated heterocycles. The smallest absolute Gasteiger partial charge is 0.378 e. The molecule has 3 nitrogen and oxygen atoms in total. The molecular weight excluding hydrogens is 485 g/mol. The van der Waals surface area contributed by atoms with Gasteiger partial charge in [0.15, 0.2) is 0 Å². The van der Waals surface area contributed by atoms with Crippen LogP contribution in [0.25, 0.3) is 21.9 Å². The number of fused-ring (bicyclic) bond motifs is 1. The molecule has 0 radical (unpaired) electrons. The van der Waals surface area contributed by atoms with E-state index in [0.29, 0.717) is 11.1 Å². The van der Waals surface area contributed by atoms with Crippen molar-refractivity contribution in [1.82, 2.24) is 4.90 Å². The Hall–Kier alpha value is -3.51. The molecule has 0 heterocycles. The van der Waals surface area contributed by atoms with E-state index in [2.05, 4.69) is 29.2 Å². The summed E-state index contributed by atoms with van der Waals surface area (Å²) in [6.07, 6.45) is -4.37. The Kier molecular flexibility index (Phi) is 7.99. The molecule has 4 aromatic rings. The van der Waals surface area contributed by atoms with Crippen LogP contribution < -0.4 is 4.90 Å². The first-order valence-electron chi connectivity index (χ1n) is 11.3. The maximum Gasteiger partial charge on any atom is 0.416 e. The summed E-state index contributed by atoms with van der Waals surface area (Å²) in [7, 11) is 5.79. The summed E-state index contributed by atoms with van der Waals surface area (Å²) >= 11 is 0. The Morgan fingerprint density at radius 3 is 1.94 bits per heavy atom. The number of hydrogen-bond acceptors (Lipinski definition) is 2. The summed E-state index contributed by atoms with van der Waals surface area (Å²) in [6.45, 7) is 2.00. The number of alkyl halides is 3. The van der Waals surface area contributed by atoms with Crippen molar-refractivity contribution in [2.45, 2.75) is 19.1 Å². The molecule has 0 aromatic heterocycles. The zero-order chi connectivity index (χ0) is 25.3. The van der Waals surface area contributed by atoms with Crippen LogP contribution in [0.1, 0.15) is 34.5 Å².